The Balaban J connectivity index is 2.00. The third kappa shape index (κ3) is 3.28. The first-order valence-corrected chi connectivity index (χ1v) is 7.09. The van der Waals surface area contributed by atoms with Gasteiger partial charge >= 0.3 is 5.97 Å². The largest absolute Gasteiger partial charge is 0.461 e. The smallest absolute Gasteiger partial charge is 0.360 e. The van der Waals surface area contributed by atoms with Crippen molar-refractivity contribution in [1.82, 2.24) is 9.55 Å². The molecule has 0 spiro atoms. The lowest BCUT2D eigenvalue weighted by Crippen LogP contribution is -2.18. The van der Waals surface area contributed by atoms with Gasteiger partial charge in [-0.05, 0) is 31.6 Å². The summed E-state index contributed by atoms with van der Waals surface area (Å²) in [5.74, 6) is 1.47. The molecule has 19 heavy (non-hydrogen) atoms. The zero-order valence-corrected chi connectivity index (χ0v) is 11.8. The van der Waals surface area contributed by atoms with Crippen LogP contribution in [0.25, 0.3) is 0 Å². The summed E-state index contributed by atoms with van der Waals surface area (Å²) in [6, 6.07) is 0. The molecular weight excluding hydrogens is 242 g/mol. The van der Waals surface area contributed by atoms with E-state index in [1.54, 1.807) is 13.3 Å². The van der Waals surface area contributed by atoms with E-state index in [1.165, 1.54) is 25.7 Å². The van der Waals surface area contributed by atoms with Crippen molar-refractivity contribution in [2.24, 2.45) is 11.8 Å². The van der Waals surface area contributed by atoms with E-state index in [9.17, 15) is 4.79 Å². The standard InChI is InChI=1S/C14H23N3O2/c1-3-19-14(18)12-13(15)17(9-16-12)8-11-6-4-10(2)5-7-11/h9-11H,3-8,15H2,1-2H3. The molecular formula is C14H23N3O2. The topological polar surface area (TPSA) is 70.1 Å². The Hall–Kier alpha value is -1.52. The van der Waals surface area contributed by atoms with Gasteiger partial charge in [0.1, 0.15) is 5.82 Å². The maximum atomic E-state index is 11.6. The van der Waals surface area contributed by atoms with Crippen LogP contribution in [0, 0.1) is 11.8 Å². The summed E-state index contributed by atoms with van der Waals surface area (Å²) in [6.07, 6.45) is 6.68. The zero-order chi connectivity index (χ0) is 13.8. The number of ether oxygens (including phenoxy) is 1. The molecule has 1 fully saturated rings. The van der Waals surface area contributed by atoms with Crippen LogP contribution in [0.4, 0.5) is 5.82 Å². The number of aromatic nitrogens is 2. The molecule has 106 valence electrons. The van der Waals surface area contributed by atoms with Crippen molar-refractivity contribution in [3.63, 3.8) is 0 Å². The number of nitrogens with zero attached hydrogens (tertiary/aromatic N) is 2. The number of anilines is 1. The van der Waals surface area contributed by atoms with Crippen LogP contribution < -0.4 is 5.73 Å². The van der Waals surface area contributed by atoms with Crippen LogP contribution in [0.5, 0.6) is 0 Å². The summed E-state index contributed by atoms with van der Waals surface area (Å²) < 4.78 is 6.81. The molecule has 5 nitrogen and oxygen atoms in total. The fourth-order valence-corrected chi connectivity index (χ4v) is 2.68. The minimum absolute atomic E-state index is 0.242. The third-order valence-corrected chi connectivity index (χ3v) is 3.94. The number of hydrogen-bond donors (Lipinski definition) is 1. The van der Waals surface area contributed by atoms with Gasteiger partial charge in [0, 0.05) is 6.54 Å². The number of nitrogen functional groups attached to an aromatic ring is 1. The monoisotopic (exact) mass is 265 g/mol. The first-order chi connectivity index (χ1) is 9.11. The first kappa shape index (κ1) is 13.9. The summed E-state index contributed by atoms with van der Waals surface area (Å²) in [6.45, 7) is 5.27. The fraction of sp³-hybridized carbons (Fsp3) is 0.714. The highest BCUT2D eigenvalue weighted by Crippen LogP contribution is 2.30. The second kappa shape index (κ2) is 6.08. The van der Waals surface area contributed by atoms with Crippen LogP contribution >= 0.6 is 0 Å². The second-order valence-electron chi connectivity index (χ2n) is 5.48. The normalized spacial score (nSPS) is 23.3. The zero-order valence-electron chi connectivity index (χ0n) is 11.8. The Morgan fingerprint density at radius 2 is 2.16 bits per heavy atom. The fourth-order valence-electron chi connectivity index (χ4n) is 2.68. The average molecular weight is 265 g/mol. The average Bonchev–Trinajstić information content (AvgIpc) is 2.74. The number of rotatable bonds is 4. The third-order valence-electron chi connectivity index (χ3n) is 3.94. The van der Waals surface area contributed by atoms with Crippen molar-refractivity contribution in [1.29, 1.82) is 0 Å². The molecule has 1 aromatic rings. The number of imidazole rings is 1. The lowest BCUT2D eigenvalue weighted by atomic mass is 9.83. The molecule has 0 atom stereocenters. The molecule has 0 aliphatic heterocycles. The van der Waals surface area contributed by atoms with Gasteiger partial charge in [0.05, 0.1) is 12.9 Å². The van der Waals surface area contributed by atoms with Gasteiger partial charge in [-0.1, -0.05) is 19.8 Å². The molecule has 0 aromatic carbocycles. The molecule has 1 heterocycles. The highest BCUT2D eigenvalue weighted by atomic mass is 16.5. The SMILES string of the molecule is CCOC(=O)c1ncn(CC2CCC(C)CC2)c1N. The highest BCUT2D eigenvalue weighted by molar-refractivity contribution is 5.92. The summed E-state index contributed by atoms with van der Waals surface area (Å²) in [4.78, 5) is 15.7. The van der Waals surface area contributed by atoms with Crippen molar-refractivity contribution in [2.45, 2.75) is 46.1 Å². The van der Waals surface area contributed by atoms with Crippen LogP contribution in [-0.4, -0.2) is 22.1 Å². The minimum atomic E-state index is -0.434. The van der Waals surface area contributed by atoms with E-state index in [0.29, 0.717) is 18.3 Å². The van der Waals surface area contributed by atoms with Gasteiger partial charge in [-0.3, -0.25) is 0 Å². The maximum absolute atomic E-state index is 11.6. The van der Waals surface area contributed by atoms with Gasteiger partial charge in [-0.15, -0.1) is 0 Å². The van der Waals surface area contributed by atoms with E-state index in [-0.39, 0.29) is 5.69 Å². The lowest BCUT2D eigenvalue weighted by Gasteiger charge is -2.26. The van der Waals surface area contributed by atoms with E-state index in [0.717, 1.165) is 12.5 Å². The van der Waals surface area contributed by atoms with Crippen LogP contribution in [0.15, 0.2) is 6.33 Å². The Labute approximate surface area is 114 Å². The minimum Gasteiger partial charge on any atom is -0.461 e. The van der Waals surface area contributed by atoms with Gasteiger partial charge in [0.2, 0.25) is 0 Å². The Kier molecular flexibility index (Phi) is 4.45. The van der Waals surface area contributed by atoms with Crippen LogP contribution in [0.2, 0.25) is 0 Å². The number of nitrogens with two attached hydrogens (primary N) is 1. The van der Waals surface area contributed by atoms with Crippen LogP contribution in [0.3, 0.4) is 0 Å². The second-order valence-corrected chi connectivity index (χ2v) is 5.48. The van der Waals surface area contributed by atoms with Crippen LogP contribution in [-0.2, 0) is 11.3 Å². The molecule has 0 radical (unpaired) electrons. The van der Waals surface area contributed by atoms with Crippen molar-refractivity contribution in [2.75, 3.05) is 12.3 Å². The number of esters is 1. The Morgan fingerprint density at radius 1 is 1.47 bits per heavy atom. The molecule has 2 rings (SSSR count). The van der Waals surface area contributed by atoms with Crippen molar-refractivity contribution in [3.05, 3.63) is 12.0 Å². The summed E-state index contributed by atoms with van der Waals surface area (Å²) in [5, 5.41) is 0. The van der Waals surface area contributed by atoms with Gasteiger partial charge < -0.3 is 15.0 Å². The summed E-state index contributed by atoms with van der Waals surface area (Å²) in [7, 11) is 0. The van der Waals surface area contributed by atoms with E-state index in [1.807, 2.05) is 4.57 Å². The molecule has 2 N–H and O–H groups in total. The molecule has 1 saturated carbocycles. The lowest BCUT2D eigenvalue weighted by molar-refractivity contribution is 0.0521. The molecule has 0 saturated heterocycles. The highest BCUT2D eigenvalue weighted by Gasteiger charge is 2.22. The summed E-state index contributed by atoms with van der Waals surface area (Å²) >= 11 is 0. The van der Waals surface area contributed by atoms with E-state index >= 15 is 0 Å². The predicted molar refractivity (Wildman–Crippen MR) is 73.7 cm³/mol. The Morgan fingerprint density at radius 3 is 2.79 bits per heavy atom. The van der Waals surface area contributed by atoms with Gasteiger partial charge in [0.15, 0.2) is 5.69 Å². The maximum Gasteiger partial charge on any atom is 0.360 e. The van der Waals surface area contributed by atoms with Gasteiger partial charge in [-0.2, -0.15) is 0 Å². The quantitative estimate of drug-likeness (QED) is 0.849. The number of carbonyl (C=O) groups is 1. The predicted octanol–water partition coefficient (Wildman–Crippen LogP) is 2.47. The van der Waals surface area contributed by atoms with Crippen molar-refractivity contribution < 1.29 is 9.53 Å². The van der Waals surface area contributed by atoms with E-state index < -0.39 is 5.97 Å². The van der Waals surface area contributed by atoms with Crippen LogP contribution in [0.1, 0.15) is 50.0 Å². The molecule has 0 amide bonds. The van der Waals surface area contributed by atoms with E-state index in [4.69, 9.17) is 10.5 Å². The van der Waals surface area contributed by atoms with Crippen molar-refractivity contribution >= 4 is 11.8 Å². The number of hydrogen-bond acceptors (Lipinski definition) is 4. The molecule has 1 aromatic heterocycles. The van der Waals surface area contributed by atoms with Gasteiger partial charge in [-0.25, -0.2) is 9.78 Å². The van der Waals surface area contributed by atoms with Crippen molar-refractivity contribution in [3.8, 4) is 0 Å². The number of carbonyl (C=O) groups excluding carboxylic acids is 1. The molecule has 1 aliphatic rings. The molecule has 0 bridgehead atoms. The van der Waals surface area contributed by atoms with E-state index in [2.05, 4.69) is 11.9 Å². The van der Waals surface area contributed by atoms with Gasteiger partial charge in [0.25, 0.3) is 0 Å². The molecule has 1 aliphatic carbocycles. The Bertz CT molecular complexity index is 434. The first-order valence-electron chi connectivity index (χ1n) is 7.09. The summed E-state index contributed by atoms with van der Waals surface area (Å²) in [5.41, 5.74) is 6.22. The molecule has 5 heteroatoms. The molecule has 0 unspecified atom stereocenters.